The third kappa shape index (κ3) is 44.2. The molecular formula is C56H101NO5. The Hall–Kier alpha value is -2.44. The van der Waals surface area contributed by atoms with E-state index in [4.69, 9.17) is 4.74 Å². The van der Waals surface area contributed by atoms with Crippen LogP contribution in [0.2, 0.25) is 0 Å². The lowest BCUT2D eigenvalue weighted by molar-refractivity contribution is -0.151. The molecule has 0 saturated carbocycles. The van der Waals surface area contributed by atoms with Crippen molar-refractivity contribution < 1.29 is 24.5 Å². The first-order valence-electron chi connectivity index (χ1n) is 26.6. The van der Waals surface area contributed by atoms with E-state index in [9.17, 15) is 19.8 Å². The van der Waals surface area contributed by atoms with Crippen molar-refractivity contribution in [2.24, 2.45) is 0 Å². The van der Waals surface area contributed by atoms with Crippen molar-refractivity contribution in [2.75, 3.05) is 6.61 Å². The Morgan fingerprint density at radius 2 is 0.855 bits per heavy atom. The molecule has 6 nitrogen and oxygen atoms in total. The molecule has 6 heteroatoms. The number of aliphatic hydroxyl groups is 2. The molecule has 0 fully saturated rings. The SMILES string of the molecule is CCC/C=C/C=C/C=C/C=C/C=C/CCCCCCCC(=O)OC(CCCCCCCCCCCCCC)CC(=O)NC(CO)C(O)CCCCCCCCCCCCCCC. The second kappa shape index (κ2) is 49.6. The van der Waals surface area contributed by atoms with E-state index in [2.05, 4.69) is 62.5 Å². The van der Waals surface area contributed by atoms with E-state index in [1.807, 2.05) is 24.3 Å². The first kappa shape index (κ1) is 59.6. The number of nitrogens with one attached hydrogen (secondary N) is 1. The molecule has 360 valence electrons. The fourth-order valence-electron chi connectivity index (χ4n) is 7.93. The maximum atomic E-state index is 13.2. The Bertz CT molecular complexity index is 1110. The molecule has 0 saturated heterocycles. The number of carbonyl (C=O) groups excluding carboxylic acids is 2. The molecule has 0 aliphatic heterocycles. The number of unbranched alkanes of at least 4 members (excludes halogenated alkanes) is 29. The summed E-state index contributed by atoms with van der Waals surface area (Å²) in [6.07, 6.45) is 61.3. The third-order valence-electron chi connectivity index (χ3n) is 12.0. The number of aliphatic hydroxyl groups excluding tert-OH is 2. The first-order chi connectivity index (χ1) is 30.5. The summed E-state index contributed by atoms with van der Waals surface area (Å²) < 4.78 is 5.93. The van der Waals surface area contributed by atoms with Gasteiger partial charge in [-0.2, -0.15) is 0 Å². The summed E-state index contributed by atoms with van der Waals surface area (Å²) in [5, 5.41) is 23.8. The molecule has 3 atom stereocenters. The van der Waals surface area contributed by atoms with Crippen LogP contribution >= 0.6 is 0 Å². The lowest BCUT2D eigenvalue weighted by atomic mass is 10.0. The Balaban J connectivity index is 4.59. The summed E-state index contributed by atoms with van der Waals surface area (Å²) in [6.45, 7) is 6.40. The molecule has 0 aliphatic rings. The van der Waals surface area contributed by atoms with Crippen LogP contribution in [-0.4, -0.2) is 46.9 Å². The molecule has 0 bridgehead atoms. The molecule has 3 N–H and O–H groups in total. The van der Waals surface area contributed by atoms with Gasteiger partial charge >= 0.3 is 5.97 Å². The predicted molar refractivity (Wildman–Crippen MR) is 268 cm³/mol. The Kier molecular flexibility index (Phi) is 47.6. The van der Waals surface area contributed by atoms with E-state index in [-0.39, 0.29) is 24.9 Å². The number of esters is 1. The zero-order valence-corrected chi connectivity index (χ0v) is 41.0. The van der Waals surface area contributed by atoms with Crippen molar-refractivity contribution in [3.05, 3.63) is 60.8 Å². The average Bonchev–Trinajstić information content (AvgIpc) is 3.26. The number of amides is 1. The van der Waals surface area contributed by atoms with Crippen LogP contribution < -0.4 is 5.32 Å². The standard InChI is InChI=1S/C56H101NO5/c1-4-7-10-13-16-19-22-25-26-27-28-29-31-34-37-40-43-46-49-56(61)62-52(47-44-41-38-35-32-24-21-18-15-12-9-6-3)50-55(60)57-53(51-58)54(59)48-45-42-39-36-33-30-23-20-17-14-11-8-5-2/h10,13,16,19,22,25-29,52-54,58-59H,4-9,11-12,14-15,17-18,20-21,23-24,30-51H2,1-3H3,(H,57,60)/b13-10+,19-16+,25-22+,27-26+,29-28+. The average molecular weight is 868 g/mol. The van der Waals surface area contributed by atoms with Crippen LogP contribution in [0, 0.1) is 0 Å². The molecule has 0 spiro atoms. The number of rotatable bonds is 47. The van der Waals surface area contributed by atoms with Crippen LogP contribution in [0.25, 0.3) is 0 Å². The van der Waals surface area contributed by atoms with Crippen LogP contribution in [0.15, 0.2) is 60.8 Å². The quantitative estimate of drug-likeness (QED) is 0.0322. The lowest BCUT2D eigenvalue weighted by Crippen LogP contribution is -2.46. The molecule has 1 amide bonds. The van der Waals surface area contributed by atoms with E-state index in [1.54, 1.807) is 0 Å². The fourth-order valence-corrected chi connectivity index (χ4v) is 7.93. The van der Waals surface area contributed by atoms with Gasteiger partial charge in [-0.25, -0.2) is 0 Å². The van der Waals surface area contributed by atoms with Gasteiger partial charge in [0.05, 0.1) is 25.2 Å². The lowest BCUT2D eigenvalue weighted by Gasteiger charge is -2.24. The molecular weight excluding hydrogens is 767 g/mol. The highest BCUT2D eigenvalue weighted by Crippen LogP contribution is 2.18. The van der Waals surface area contributed by atoms with Gasteiger partial charge in [0, 0.05) is 6.42 Å². The normalized spacial score (nSPS) is 13.7. The first-order valence-corrected chi connectivity index (χ1v) is 26.6. The monoisotopic (exact) mass is 868 g/mol. The topological polar surface area (TPSA) is 95.9 Å². The maximum Gasteiger partial charge on any atom is 0.306 e. The van der Waals surface area contributed by atoms with Crippen LogP contribution in [0.3, 0.4) is 0 Å². The van der Waals surface area contributed by atoms with Crippen molar-refractivity contribution in [2.45, 2.75) is 277 Å². The van der Waals surface area contributed by atoms with Gasteiger partial charge in [-0.3, -0.25) is 9.59 Å². The number of ether oxygens (including phenoxy) is 1. The molecule has 62 heavy (non-hydrogen) atoms. The molecule has 0 rings (SSSR count). The molecule has 0 aromatic carbocycles. The third-order valence-corrected chi connectivity index (χ3v) is 12.0. The van der Waals surface area contributed by atoms with E-state index >= 15 is 0 Å². The molecule has 0 heterocycles. The van der Waals surface area contributed by atoms with Crippen LogP contribution in [0.1, 0.15) is 258 Å². The van der Waals surface area contributed by atoms with Crippen molar-refractivity contribution in [3.63, 3.8) is 0 Å². The van der Waals surface area contributed by atoms with Crippen molar-refractivity contribution >= 4 is 11.9 Å². The zero-order chi connectivity index (χ0) is 45.2. The summed E-state index contributed by atoms with van der Waals surface area (Å²) in [4.78, 5) is 26.2. The van der Waals surface area contributed by atoms with Gasteiger partial charge in [0.2, 0.25) is 5.91 Å². The van der Waals surface area contributed by atoms with Gasteiger partial charge in [0.15, 0.2) is 0 Å². The van der Waals surface area contributed by atoms with E-state index in [1.165, 1.54) is 135 Å². The maximum absolute atomic E-state index is 13.2. The van der Waals surface area contributed by atoms with Gasteiger partial charge in [-0.15, -0.1) is 0 Å². The minimum absolute atomic E-state index is 0.0680. The van der Waals surface area contributed by atoms with Crippen LogP contribution in [0.4, 0.5) is 0 Å². The molecule has 0 aromatic heterocycles. The minimum atomic E-state index is -0.792. The van der Waals surface area contributed by atoms with Crippen molar-refractivity contribution in [1.29, 1.82) is 0 Å². The van der Waals surface area contributed by atoms with Crippen molar-refractivity contribution in [3.8, 4) is 0 Å². The van der Waals surface area contributed by atoms with Gasteiger partial charge < -0.3 is 20.3 Å². The van der Waals surface area contributed by atoms with Crippen LogP contribution in [0.5, 0.6) is 0 Å². The van der Waals surface area contributed by atoms with Gasteiger partial charge in [-0.05, 0) is 44.9 Å². The molecule has 0 aliphatic carbocycles. The predicted octanol–water partition coefficient (Wildman–Crippen LogP) is 16.0. The van der Waals surface area contributed by atoms with Gasteiger partial charge in [0.25, 0.3) is 0 Å². The highest BCUT2D eigenvalue weighted by Gasteiger charge is 2.24. The largest absolute Gasteiger partial charge is 0.462 e. The molecule has 3 unspecified atom stereocenters. The van der Waals surface area contributed by atoms with Gasteiger partial charge in [-0.1, -0.05) is 261 Å². The summed E-state index contributed by atoms with van der Waals surface area (Å²) in [6, 6.07) is -0.706. The minimum Gasteiger partial charge on any atom is -0.462 e. The summed E-state index contributed by atoms with van der Waals surface area (Å²) in [7, 11) is 0. The Morgan fingerprint density at radius 3 is 1.31 bits per heavy atom. The molecule has 0 aromatic rings. The highest BCUT2D eigenvalue weighted by atomic mass is 16.5. The summed E-state index contributed by atoms with van der Waals surface area (Å²) >= 11 is 0. The van der Waals surface area contributed by atoms with E-state index < -0.39 is 18.2 Å². The number of hydrogen-bond acceptors (Lipinski definition) is 5. The fraction of sp³-hybridized carbons (Fsp3) is 0.786. The Labute approximate surface area is 384 Å². The number of allylic oxidation sites excluding steroid dienone is 10. The smallest absolute Gasteiger partial charge is 0.306 e. The van der Waals surface area contributed by atoms with Crippen LogP contribution in [-0.2, 0) is 14.3 Å². The summed E-state index contributed by atoms with van der Waals surface area (Å²) in [5.74, 6) is -0.496. The second-order valence-corrected chi connectivity index (χ2v) is 18.1. The van der Waals surface area contributed by atoms with Crippen molar-refractivity contribution in [1.82, 2.24) is 5.32 Å². The van der Waals surface area contributed by atoms with Gasteiger partial charge in [0.1, 0.15) is 6.10 Å². The second-order valence-electron chi connectivity index (χ2n) is 18.1. The number of hydrogen-bond donors (Lipinski definition) is 3. The van der Waals surface area contributed by atoms with E-state index in [0.29, 0.717) is 19.3 Å². The number of carbonyl (C=O) groups is 2. The highest BCUT2D eigenvalue weighted by molar-refractivity contribution is 5.77. The zero-order valence-electron chi connectivity index (χ0n) is 41.0. The summed E-state index contributed by atoms with van der Waals surface area (Å²) in [5.41, 5.74) is 0. The Morgan fingerprint density at radius 1 is 0.468 bits per heavy atom. The molecule has 0 radical (unpaired) electrons. The van der Waals surface area contributed by atoms with E-state index in [0.717, 1.165) is 77.0 Å².